The molecule has 1 aliphatic heterocycles. The number of aliphatic hydroxyl groups is 1. The molecule has 1 heterocycles. The number of nitrogens with zero attached hydrogens (tertiary/aromatic N) is 2. The molecule has 2 aliphatic rings. The Morgan fingerprint density at radius 1 is 1.12 bits per heavy atom. The summed E-state index contributed by atoms with van der Waals surface area (Å²) >= 11 is 0. The zero-order valence-corrected chi connectivity index (χ0v) is 10.3. The summed E-state index contributed by atoms with van der Waals surface area (Å²) in [5.74, 6) is 0.718. The predicted octanol–water partition coefficient (Wildman–Crippen LogP) is -0.664. The van der Waals surface area contributed by atoms with Gasteiger partial charge in [-0.1, -0.05) is 0 Å². The van der Waals surface area contributed by atoms with Crippen LogP contribution in [0.1, 0.15) is 12.8 Å². The minimum Gasteiger partial charge on any atom is -0.395 e. The minimum absolute atomic E-state index is 0.143. The Hall–Kier alpha value is -0.170. The molecule has 94 valence electrons. The van der Waals surface area contributed by atoms with Crippen LogP contribution >= 0.6 is 0 Å². The molecule has 0 bridgehead atoms. The van der Waals surface area contributed by atoms with Gasteiger partial charge in [-0.2, -0.15) is 4.31 Å². The monoisotopic (exact) mass is 248 g/mol. The van der Waals surface area contributed by atoms with Crippen molar-refractivity contribution in [2.45, 2.75) is 12.8 Å². The zero-order chi connectivity index (χ0) is 11.6. The fraction of sp³-hybridized carbons (Fsp3) is 1.00. The third-order valence-electron chi connectivity index (χ3n) is 3.29. The van der Waals surface area contributed by atoms with E-state index in [9.17, 15) is 8.42 Å². The lowest BCUT2D eigenvalue weighted by atomic mass is 10.3. The van der Waals surface area contributed by atoms with Gasteiger partial charge in [0.1, 0.15) is 0 Å². The quantitative estimate of drug-likeness (QED) is 0.701. The van der Waals surface area contributed by atoms with E-state index in [1.165, 1.54) is 17.1 Å². The second kappa shape index (κ2) is 5.00. The van der Waals surface area contributed by atoms with Crippen molar-refractivity contribution in [2.24, 2.45) is 5.92 Å². The van der Waals surface area contributed by atoms with Gasteiger partial charge < -0.3 is 10.0 Å². The molecule has 0 radical (unpaired) electrons. The summed E-state index contributed by atoms with van der Waals surface area (Å²) < 4.78 is 24.9. The standard InChI is InChI=1S/C10H20N2O3S/c13-7-8-16(14,15)12-5-3-11(4-6-12)9-10-1-2-10/h10,13H,1-9H2. The molecular formula is C10H20N2O3S. The molecule has 16 heavy (non-hydrogen) atoms. The van der Waals surface area contributed by atoms with E-state index in [1.807, 2.05) is 0 Å². The second-order valence-electron chi connectivity index (χ2n) is 4.68. The average molecular weight is 248 g/mol. The maximum atomic E-state index is 11.7. The molecule has 0 aromatic rings. The van der Waals surface area contributed by atoms with E-state index in [1.54, 1.807) is 0 Å². The van der Waals surface area contributed by atoms with Crippen LogP contribution in [0.2, 0.25) is 0 Å². The number of rotatable bonds is 5. The van der Waals surface area contributed by atoms with Crippen LogP contribution in [0.15, 0.2) is 0 Å². The predicted molar refractivity (Wildman–Crippen MR) is 61.6 cm³/mol. The van der Waals surface area contributed by atoms with Crippen LogP contribution in [-0.2, 0) is 10.0 Å². The van der Waals surface area contributed by atoms with Gasteiger partial charge >= 0.3 is 0 Å². The summed E-state index contributed by atoms with van der Waals surface area (Å²) in [6, 6.07) is 0. The molecule has 2 fully saturated rings. The zero-order valence-electron chi connectivity index (χ0n) is 9.51. The lowest BCUT2D eigenvalue weighted by Gasteiger charge is -2.33. The molecule has 1 saturated carbocycles. The first-order valence-electron chi connectivity index (χ1n) is 5.93. The summed E-state index contributed by atoms with van der Waals surface area (Å²) in [4.78, 5) is 2.35. The lowest BCUT2D eigenvalue weighted by molar-refractivity contribution is 0.181. The molecular weight excluding hydrogens is 228 g/mol. The molecule has 0 aromatic carbocycles. The molecule has 1 saturated heterocycles. The average Bonchev–Trinajstić information content (AvgIpc) is 3.02. The topological polar surface area (TPSA) is 60.9 Å². The number of hydrogen-bond donors (Lipinski definition) is 1. The Balaban J connectivity index is 1.79. The van der Waals surface area contributed by atoms with Crippen LogP contribution in [-0.4, -0.2) is 67.8 Å². The highest BCUT2D eigenvalue weighted by molar-refractivity contribution is 7.89. The minimum atomic E-state index is -3.21. The first-order valence-corrected chi connectivity index (χ1v) is 7.54. The van der Waals surface area contributed by atoms with Crippen molar-refractivity contribution in [2.75, 3.05) is 45.1 Å². The number of piperazine rings is 1. The van der Waals surface area contributed by atoms with E-state index < -0.39 is 10.0 Å². The van der Waals surface area contributed by atoms with Gasteiger partial charge in [-0.3, -0.25) is 0 Å². The summed E-state index contributed by atoms with van der Waals surface area (Å²) in [5.41, 5.74) is 0. The van der Waals surface area contributed by atoms with Crippen LogP contribution in [0, 0.1) is 5.92 Å². The van der Waals surface area contributed by atoms with Gasteiger partial charge in [-0.15, -0.1) is 0 Å². The van der Waals surface area contributed by atoms with Gasteiger partial charge in [0, 0.05) is 32.7 Å². The van der Waals surface area contributed by atoms with Crippen molar-refractivity contribution in [3.63, 3.8) is 0 Å². The molecule has 5 nitrogen and oxygen atoms in total. The van der Waals surface area contributed by atoms with Gasteiger partial charge in [-0.25, -0.2) is 8.42 Å². The Morgan fingerprint density at radius 3 is 2.25 bits per heavy atom. The molecule has 0 aromatic heterocycles. The maximum absolute atomic E-state index is 11.7. The molecule has 0 unspecified atom stereocenters. The van der Waals surface area contributed by atoms with Crippen molar-refractivity contribution < 1.29 is 13.5 Å². The Bertz CT molecular complexity index is 319. The van der Waals surface area contributed by atoms with Crippen molar-refractivity contribution in [1.82, 2.24) is 9.21 Å². The van der Waals surface area contributed by atoms with Crippen molar-refractivity contribution >= 4 is 10.0 Å². The van der Waals surface area contributed by atoms with Crippen LogP contribution in [0.4, 0.5) is 0 Å². The number of hydrogen-bond acceptors (Lipinski definition) is 4. The van der Waals surface area contributed by atoms with E-state index in [-0.39, 0.29) is 12.4 Å². The van der Waals surface area contributed by atoms with Gasteiger partial charge in [0.25, 0.3) is 0 Å². The van der Waals surface area contributed by atoms with Crippen LogP contribution < -0.4 is 0 Å². The van der Waals surface area contributed by atoms with E-state index in [4.69, 9.17) is 5.11 Å². The third kappa shape index (κ3) is 3.16. The highest BCUT2D eigenvalue weighted by Crippen LogP contribution is 2.30. The lowest BCUT2D eigenvalue weighted by Crippen LogP contribution is -2.49. The molecule has 0 amide bonds. The first kappa shape index (κ1) is 12.3. The number of aliphatic hydroxyl groups excluding tert-OH is 1. The molecule has 0 atom stereocenters. The van der Waals surface area contributed by atoms with Crippen molar-refractivity contribution in [3.8, 4) is 0 Å². The van der Waals surface area contributed by atoms with Gasteiger partial charge in [0.15, 0.2) is 0 Å². The Labute approximate surface area is 97.1 Å². The summed E-state index contributed by atoms with van der Waals surface area (Å²) in [6.07, 6.45) is 2.67. The van der Waals surface area contributed by atoms with E-state index >= 15 is 0 Å². The third-order valence-corrected chi connectivity index (χ3v) is 5.14. The normalized spacial score (nSPS) is 24.8. The Kier molecular flexibility index (Phi) is 3.84. The van der Waals surface area contributed by atoms with Crippen LogP contribution in [0.3, 0.4) is 0 Å². The fourth-order valence-electron chi connectivity index (χ4n) is 2.10. The highest BCUT2D eigenvalue weighted by Gasteiger charge is 2.29. The summed E-state index contributed by atoms with van der Waals surface area (Å²) in [6.45, 7) is 3.67. The van der Waals surface area contributed by atoms with Crippen molar-refractivity contribution in [3.05, 3.63) is 0 Å². The molecule has 1 N–H and O–H groups in total. The van der Waals surface area contributed by atoms with Crippen molar-refractivity contribution in [1.29, 1.82) is 0 Å². The van der Waals surface area contributed by atoms with E-state index in [2.05, 4.69) is 4.90 Å². The highest BCUT2D eigenvalue weighted by atomic mass is 32.2. The molecule has 0 spiro atoms. The van der Waals surface area contributed by atoms with Crippen LogP contribution in [0.5, 0.6) is 0 Å². The maximum Gasteiger partial charge on any atom is 0.216 e. The molecule has 2 rings (SSSR count). The molecule has 6 heteroatoms. The van der Waals surface area contributed by atoms with Gasteiger partial charge in [0.05, 0.1) is 12.4 Å². The Morgan fingerprint density at radius 2 is 1.75 bits per heavy atom. The first-order chi connectivity index (χ1) is 7.62. The van der Waals surface area contributed by atoms with E-state index in [0.29, 0.717) is 13.1 Å². The van der Waals surface area contributed by atoms with Gasteiger partial charge in [-0.05, 0) is 18.8 Å². The van der Waals surface area contributed by atoms with Gasteiger partial charge in [0.2, 0.25) is 10.0 Å². The smallest absolute Gasteiger partial charge is 0.216 e. The second-order valence-corrected chi connectivity index (χ2v) is 6.77. The SMILES string of the molecule is O=S(=O)(CCO)N1CCN(CC2CC2)CC1. The number of sulfonamides is 1. The summed E-state index contributed by atoms with van der Waals surface area (Å²) in [5, 5.41) is 8.70. The van der Waals surface area contributed by atoms with Crippen LogP contribution in [0.25, 0.3) is 0 Å². The summed E-state index contributed by atoms with van der Waals surface area (Å²) in [7, 11) is -3.21. The molecule has 1 aliphatic carbocycles. The largest absolute Gasteiger partial charge is 0.395 e. The fourth-order valence-corrected chi connectivity index (χ4v) is 3.31. The van der Waals surface area contributed by atoms with E-state index in [0.717, 1.165) is 25.6 Å².